The van der Waals surface area contributed by atoms with Crippen LogP contribution in [0.1, 0.15) is 19.3 Å². The van der Waals surface area contributed by atoms with Gasteiger partial charge in [-0.25, -0.2) is 8.78 Å². The Labute approximate surface area is 63.9 Å². The average molecular weight is 167 g/mol. The summed E-state index contributed by atoms with van der Waals surface area (Å²) in [5, 5.41) is -0.0750. The molecule has 0 aromatic heterocycles. The van der Waals surface area contributed by atoms with E-state index < -0.39 is 6.43 Å². The van der Waals surface area contributed by atoms with E-state index in [2.05, 4.69) is 0 Å². The van der Waals surface area contributed by atoms with Gasteiger partial charge in [-0.05, 0) is 24.8 Å². The molecule has 0 aromatic rings. The monoisotopic (exact) mass is 166 g/mol. The molecule has 0 nitrogen and oxygen atoms in total. The van der Waals surface area contributed by atoms with Gasteiger partial charge in [0.05, 0.1) is 0 Å². The molecular weight excluding hydrogens is 158 g/mol. The predicted molar refractivity (Wildman–Crippen MR) is 37.6 cm³/mol. The molecule has 0 heterocycles. The number of alkyl halides is 3. The SMILES string of the molecule is FC(F)C1=CCCC(Cl)C1. The zero-order chi connectivity index (χ0) is 7.56. The van der Waals surface area contributed by atoms with Crippen LogP contribution < -0.4 is 0 Å². The van der Waals surface area contributed by atoms with Crippen molar-refractivity contribution in [1.29, 1.82) is 0 Å². The Morgan fingerprint density at radius 3 is 2.70 bits per heavy atom. The normalized spacial score (nSPS) is 26.8. The van der Waals surface area contributed by atoms with E-state index in [0.29, 0.717) is 12.8 Å². The van der Waals surface area contributed by atoms with Crippen molar-refractivity contribution in [3.05, 3.63) is 11.6 Å². The molecule has 58 valence electrons. The molecule has 1 aliphatic rings. The zero-order valence-corrected chi connectivity index (χ0v) is 6.24. The van der Waals surface area contributed by atoms with Crippen molar-refractivity contribution in [3.63, 3.8) is 0 Å². The number of hydrogen-bond donors (Lipinski definition) is 0. The fourth-order valence-electron chi connectivity index (χ4n) is 1.07. The fourth-order valence-corrected chi connectivity index (χ4v) is 1.37. The Hall–Kier alpha value is -0.110. The van der Waals surface area contributed by atoms with Crippen LogP contribution in [0.5, 0.6) is 0 Å². The average Bonchev–Trinajstić information content (AvgIpc) is 1.88. The molecule has 0 N–H and O–H groups in total. The molecule has 10 heavy (non-hydrogen) atoms. The summed E-state index contributed by atoms with van der Waals surface area (Å²) in [6.45, 7) is 0. The standard InChI is InChI=1S/C7H9ClF2/c8-6-3-1-2-5(4-6)7(9)10/h2,6-7H,1,3-4H2. The zero-order valence-electron chi connectivity index (χ0n) is 5.49. The van der Waals surface area contributed by atoms with Crippen molar-refractivity contribution in [2.24, 2.45) is 0 Å². The lowest BCUT2D eigenvalue weighted by Gasteiger charge is -2.16. The van der Waals surface area contributed by atoms with Gasteiger partial charge in [-0.15, -0.1) is 11.6 Å². The van der Waals surface area contributed by atoms with Crippen LogP contribution in [0.3, 0.4) is 0 Å². The number of rotatable bonds is 1. The Balaban J connectivity index is 2.51. The van der Waals surface area contributed by atoms with Crippen molar-refractivity contribution in [2.75, 3.05) is 0 Å². The molecule has 0 radical (unpaired) electrons. The van der Waals surface area contributed by atoms with Crippen LogP contribution in [0.25, 0.3) is 0 Å². The number of halogens is 3. The van der Waals surface area contributed by atoms with E-state index in [-0.39, 0.29) is 11.0 Å². The van der Waals surface area contributed by atoms with E-state index in [1.165, 1.54) is 0 Å². The van der Waals surface area contributed by atoms with Gasteiger partial charge in [0, 0.05) is 5.38 Å². The molecule has 0 saturated heterocycles. The van der Waals surface area contributed by atoms with Crippen molar-refractivity contribution in [1.82, 2.24) is 0 Å². The Bertz CT molecular complexity index is 143. The lowest BCUT2D eigenvalue weighted by molar-refractivity contribution is 0.182. The van der Waals surface area contributed by atoms with Crippen LogP contribution in [0.15, 0.2) is 11.6 Å². The third-order valence-electron chi connectivity index (χ3n) is 1.62. The molecular formula is C7H9ClF2. The van der Waals surface area contributed by atoms with Gasteiger partial charge in [-0.3, -0.25) is 0 Å². The molecule has 0 bridgehead atoms. The van der Waals surface area contributed by atoms with Gasteiger partial charge in [0.2, 0.25) is 0 Å². The summed E-state index contributed by atoms with van der Waals surface area (Å²) in [6, 6.07) is 0. The highest BCUT2D eigenvalue weighted by molar-refractivity contribution is 6.20. The second kappa shape index (κ2) is 3.33. The van der Waals surface area contributed by atoms with Gasteiger partial charge in [0.25, 0.3) is 6.43 Å². The highest BCUT2D eigenvalue weighted by Gasteiger charge is 2.18. The maximum absolute atomic E-state index is 12.0. The van der Waals surface area contributed by atoms with Crippen LogP contribution in [0.4, 0.5) is 8.78 Å². The smallest absolute Gasteiger partial charge is 0.205 e. The number of hydrogen-bond acceptors (Lipinski definition) is 0. The van der Waals surface area contributed by atoms with E-state index >= 15 is 0 Å². The molecule has 1 aliphatic carbocycles. The molecule has 1 atom stereocenters. The first-order chi connectivity index (χ1) is 4.70. The van der Waals surface area contributed by atoms with E-state index in [9.17, 15) is 8.78 Å². The van der Waals surface area contributed by atoms with Crippen molar-refractivity contribution in [3.8, 4) is 0 Å². The maximum Gasteiger partial charge on any atom is 0.259 e. The van der Waals surface area contributed by atoms with Gasteiger partial charge in [0.15, 0.2) is 0 Å². The second-order valence-corrected chi connectivity index (χ2v) is 3.08. The minimum atomic E-state index is -2.30. The Morgan fingerprint density at radius 1 is 1.60 bits per heavy atom. The molecule has 0 saturated carbocycles. The molecule has 0 spiro atoms. The van der Waals surface area contributed by atoms with Crippen LogP contribution in [-0.2, 0) is 0 Å². The van der Waals surface area contributed by atoms with Gasteiger partial charge in [-0.2, -0.15) is 0 Å². The summed E-state index contributed by atoms with van der Waals surface area (Å²) in [6.07, 6.45) is 1.19. The summed E-state index contributed by atoms with van der Waals surface area (Å²) in [4.78, 5) is 0. The van der Waals surface area contributed by atoms with Gasteiger partial charge >= 0.3 is 0 Å². The summed E-state index contributed by atoms with van der Waals surface area (Å²) < 4.78 is 23.9. The summed E-state index contributed by atoms with van der Waals surface area (Å²) in [5.41, 5.74) is 0.214. The van der Waals surface area contributed by atoms with E-state index in [1.807, 2.05) is 0 Å². The fraction of sp³-hybridized carbons (Fsp3) is 0.714. The van der Waals surface area contributed by atoms with Crippen LogP contribution in [-0.4, -0.2) is 11.8 Å². The first kappa shape index (κ1) is 7.99. The second-order valence-electron chi connectivity index (χ2n) is 2.46. The summed E-state index contributed by atoms with van der Waals surface area (Å²) in [7, 11) is 0. The highest BCUT2D eigenvalue weighted by Crippen LogP contribution is 2.26. The quantitative estimate of drug-likeness (QED) is 0.415. The van der Waals surface area contributed by atoms with Gasteiger partial charge in [-0.1, -0.05) is 6.08 Å². The largest absolute Gasteiger partial charge is 0.259 e. The van der Waals surface area contributed by atoms with E-state index in [4.69, 9.17) is 11.6 Å². The molecule has 0 fully saturated rings. The van der Waals surface area contributed by atoms with Gasteiger partial charge in [0.1, 0.15) is 0 Å². The van der Waals surface area contributed by atoms with Crippen molar-refractivity contribution >= 4 is 11.6 Å². The van der Waals surface area contributed by atoms with E-state index in [1.54, 1.807) is 6.08 Å². The van der Waals surface area contributed by atoms with Gasteiger partial charge < -0.3 is 0 Å². The molecule has 0 aliphatic heterocycles. The molecule has 0 amide bonds. The lowest BCUT2D eigenvalue weighted by atomic mass is 10.00. The lowest BCUT2D eigenvalue weighted by Crippen LogP contribution is -2.10. The van der Waals surface area contributed by atoms with E-state index in [0.717, 1.165) is 6.42 Å². The summed E-state index contributed by atoms with van der Waals surface area (Å²) in [5.74, 6) is 0. The topological polar surface area (TPSA) is 0 Å². The Kier molecular flexibility index (Phi) is 2.66. The van der Waals surface area contributed by atoms with Crippen LogP contribution in [0, 0.1) is 0 Å². The van der Waals surface area contributed by atoms with Crippen molar-refractivity contribution in [2.45, 2.75) is 31.1 Å². The minimum absolute atomic E-state index is 0.0750. The first-order valence-electron chi connectivity index (χ1n) is 3.31. The van der Waals surface area contributed by atoms with Crippen LogP contribution >= 0.6 is 11.6 Å². The predicted octanol–water partition coefficient (Wildman–Crippen LogP) is 2.97. The van der Waals surface area contributed by atoms with Crippen LogP contribution in [0.2, 0.25) is 0 Å². The summed E-state index contributed by atoms with van der Waals surface area (Å²) >= 11 is 5.68. The number of allylic oxidation sites excluding steroid dienone is 2. The first-order valence-corrected chi connectivity index (χ1v) is 3.75. The third kappa shape index (κ3) is 1.94. The third-order valence-corrected chi connectivity index (χ3v) is 2.00. The minimum Gasteiger partial charge on any atom is -0.205 e. The van der Waals surface area contributed by atoms with Crippen molar-refractivity contribution < 1.29 is 8.78 Å². The Morgan fingerprint density at radius 2 is 2.30 bits per heavy atom. The maximum atomic E-state index is 12.0. The molecule has 1 unspecified atom stereocenters. The molecule has 1 rings (SSSR count). The molecule has 3 heteroatoms. The molecule has 0 aromatic carbocycles. The highest BCUT2D eigenvalue weighted by atomic mass is 35.5.